The summed E-state index contributed by atoms with van der Waals surface area (Å²) < 4.78 is 11.0. The van der Waals surface area contributed by atoms with Crippen molar-refractivity contribution < 1.29 is 14.4 Å². The molecule has 1 fully saturated rings. The van der Waals surface area contributed by atoms with Crippen molar-refractivity contribution in [1.82, 2.24) is 0 Å². The topological polar surface area (TPSA) is 22.9 Å². The molecule has 2 rings (SSSR count). The lowest BCUT2D eigenvalue weighted by atomic mass is 10.2. The number of ether oxygens (including phenoxy) is 2. The van der Waals surface area contributed by atoms with Gasteiger partial charge < -0.3 is 14.4 Å². The molecule has 3 nitrogen and oxygen atoms in total. The molecule has 1 N–H and O–H groups in total. The Kier molecular flexibility index (Phi) is 6.72. The van der Waals surface area contributed by atoms with E-state index >= 15 is 0 Å². The van der Waals surface area contributed by atoms with E-state index < -0.39 is 0 Å². The average Bonchev–Trinajstić information content (AvgIpc) is 2.76. The molecule has 20 heavy (non-hydrogen) atoms. The Morgan fingerprint density at radius 3 is 2.50 bits per heavy atom. The fourth-order valence-corrected chi connectivity index (χ4v) is 2.84. The average molecular weight is 278 g/mol. The lowest BCUT2D eigenvalue weighted by Crippen LogP contribution is -3.11. The molecule has 0 aliphatic carbocycles. The van der Waals surface area contributed by atoms with Gasteiger partial charge in [0.15, 0.2) is 0 Å². The van der Waals surface area contributed by atoms with Crippen molar-refractivity contribution in [2.45, 2.75) is 38.5 Å². The summed E-state index contributed by atoms with van der Waals surface area (Å²) in [6.45, 7) is 4.86. The molecule has 0 aromatic heterocycles. The molecule has 1 heterocycles. The van der Waals surface area contributed by atoms with Crippen LogP contribution in [0.1, 0.15) is 38.5 Å². The lowest BCUT2D eigenvalue weighted by molar-refractivity contribution is -0.899. The van der Waals surface area contributed by atoms with Crippen LogP contribution in [0.5, 0.6) is 11.5 Å². The van der Waals surface area contributed by atoms with Gasteiger partial charge in [0.05, 0.1) is 33.4 Å². The van der Waals surface area contributed by atoms with Gasteiger partial charge in [0.2, 0.25) is 0 Å². The predicted octanol–water partition coefficient (Wildman–Crippen LogP) is 2.31. The Bertz CT molecular complexity index is 373. The normalized spacial score (nSPS) is 16.6. The quantitative estimate of drug-likeness (QED) is 0.774. The van der Waals surface area contributed by atoms with Gasteiger partial charge >= 0.3 is 0 Å². The van der Waals surface area contributed by atoms with Crippen LogP contribution in [0.25, 0.3) is 0 Å². The van der Waals surface area contributed by atoms with E-state index in [0.29, 0.717) is 0 Å². The molecule has 1 aromatic carbocycles. The number of rotatable bonds is 7. The molecule has 1 saturated heterocycles. The Morgan fingerprint density at radius 1 is 1.00 bits per heavy atom. The number of nitrogens with one attached hydrogen (secondary N) is 1. The zero-order valence-electron chi connectivity index (χ0n) is 12.7. The summed E-state index contributed by atoms with van der Waals surface area (Å²) in [5.41, 5.74) is 0. The monoisotopic (exact) mass is 278 g/mol. The lowest BCUT2D eigenvalue weighted by Gasteiger charge is -2.16. The molecule has 112 valence electrons. The van der Waals surface area contributed by atoms with E-state index in [9.17, 15) is 0 Å². The van der Waals surface area contributed by atoms with Gasteiger partial charge in [0, 0.05) is 6.07 Å². The van der Waals surface area contributed by atoms with Crippen LogP contribution in [0, 0.1) is 0 Å². The van der Waals surface area contributed by atoms with Crippen molar-refractivity contribution in [1.29, 1.82) is 0 Å². The van der Waals surface area contributed by atoms with Crippen LogP contribution in [0.4, 0.5) is 0 Å². The molecular formula is C17H28NO2+. The van der Waals surface area contributed by atoms with Crippen LogP contribution >= 0.6 is 0 Å². The fraction of sp³-hybridized carbons (Fsp3) is 0.647. The molecule has 0 unspecified atom stereocenters. The van der Waals surface area contributed by atoms with E-state index in [2.05, 4.69) is 0 Å². The molecule has 3 heteroatoms. The first-order valence-electron chi connectivity index (χ1n) is 7.99. The number of methoxy groups -OCH3 is 1. The maximum Gasteiger partial charge on any atom is 0.122 e. The van der Waals surface area contributed by atoms with Crippen molar-refractivity contribution in [3.05, 3.63) is 24.3 Å². The van der Waals surface area contributed by atoms with E-state index in [4.69, 9.17) is 9.47 Å². The summed E-state index contributed by atoms with van der Waals surface area (Å²) in [6, 6.07) is 7.84. The zero-order chi connectivity index (χ0) is 14.0. The van der Waals surface area contributed by atoms with Crippen LogP contribution in [0.2, 0.25) is 0 Å². The van der Waals surface area contributed by atoms with Gasteiger partial charge in [-0.1, -0.05) is 6.07 Å². The van der Waals surface area contributed by atoms with Crippen LogP contribution in [0.15, 0.2) is 24.3 Å². The summed E-state index contributed by atoms with van der Waals surface area (Å²) in [7, 11) is 1.68. The van der Waals surface area contributed by atoms with Crippen molar-refractivity contribution in [2.75, 3.05) is 33.4 Å². The number of benzene rings is 1. The number of quaternary nitrogens is 1. The van der Waals surface area contributed by atoms with Crippen molar-refractivity contribution in [3.8, 4) is 11.5 Å². The van der Waals surface area contributed by atoms with E-state index in [-0.39, 0.29) is 0 Å². The van der Waals surface area contributed by atoms with Crippen LogP contribution in [-0.4, -0.2) is 33.4 Å². The highest BCUT2D eigenvalue weighted by molar-refractivity contribution is 5.32. The second kappa shape index (κ2) is 8.85. The molecule has 1 aliphatic rings. The predicted molar refractivity (Wildman–Crippen MR) is 81.8 cm³/mol. The first-order chi connectivity index (χ1) is 9.88. The van der Waals surface area contributed by atoms with E-state index in [1.165, 1.54) is 51.7 Å². The maximum atomic E-state index is 5.77. The van der Waals surface area contributed by atoms with Gasteiger partial charge in [0.25, 0.3) is 0 Å². The van der Waals surface area contributed by atoms with E-state index in [0.717, 1.165) is 24.5 Å². The smallest absolute Gasteiger partial charge is 0.122 e. The third-order valence-corrected chi connectivity index (χ3v) is 4.05. The van der Waals surface area contributed by atoms with Crippen LogP contribution < -0.4 is 14.4 Å². The summed E-state index contributed by atoms with van der Waals surface area (Å²) in [6.07, 6.45) is 8.09. The highest BCUT2D eigenvalue weighted by Gasteiger charge is 2.11. The molecule has 0 saturated carbocycles. The molecule has 0 bridgehead atoms. The molecule has 0 spiro atoms. The largest absolute Gasteiger partial charge is 0.497 e. The maximum absolute atomic E-state index is 5.77. The minimum absolute atomic E-state index is 0.806. The summed E-state index contributed by atoms with van der Waals surface area (Å²) >= 11 is 0. The minimum atomic E-state index is 0.806. The van der Waals surface area contributed by atoms with Gasteiger partial charge in [-0.15, -0.1) is 0 Å². The van der Waals surface area contributed by atoms with Gasteiger partial charge in [-0.25, -0.2) is 0 Å². The van der Waals surface area contributed by atoms with Crippen molar-refractivity contribution >= 4 is 0 Å². The number of unbranched alkanes of at least 4 members (excludes halogenated alkanes) is 1. The number of likely N-dealkylation sites (tertiary alicyclic amines) is 1. The van der Waals surface area contributed by atoms with Crippen LogP contribution in [-0.2, 0) is 0 Å². The summed E-state index contributed by atoms with van der Waals surface area (Å²) in [4.78, 5) is 1.80. The molecule has 1 aromatic rings. The van der Waals surface area contributed by atoms with Gasteiger partial charge in [-0.3, -0.25) is 0 Å². The van der Waals surface area contributed by atoms with Gasteiger partial charge in [-0.05, 0) is 50.7 Å². The van der Waals surface area contributed by atoms with Crippen molar-refractivity contribution in [2.24, 2.45) is 0 Å². The molecule has 0 radical (unpaired) electrons. The minimum Gasteiger partial charge on any atom is -0.497 e. The second-order valence-electron chi connectivity index (χ2n) is 5.65. The van der Waals surface area contributed by atoms with E-state index in [1.54, 1.807) is 12.0 Å². The van der Waals surface area contributed by atoms with Gasteiger partial charge in [-0.2, -0.15) is 0 Å². The highest BCUT2D eigenvalue weighted by Crippen LogP contribution is 2.18. The fourth-order valence-electron chi connectivity index (χ4n) is 2.84. The molecule has 1 aliphatic heterocycles. The first-order valence-corrected chi connectivity index (χ1v) is 7.99. The Labute approximate surface area is 122 Å². The van der Waals surface area contributed by atoms with Crippen molar-refractivity contribution in [3.63, 3.8) is 0 Å². The van der Waals surface area contributed by atoms with E-state index in [1.807, 2.05) is 24.3 Å². The Morgan fingerprint density at radius 2 is 1.75 bits per heavy atom. The standard InChI is InChI=1S/C17H27NO2/c1-19-16-9-8-10-17(15-16)20-14-7-6-13-18-11-4-2-3-5-12-18/h8-10,15H,2-7,11-14H2,1H3/p+1. The summed E-state index contributed by atoms with van der Waals surface area (Å²) in [5.74, 6) is 1.77. The molecule has 0 amide bonds. The molecule has 0 atom stereocenters. The Hall–Kier alpha value is -1.22. The Balaban J connectivity index is 1.58. The third kappa shape index (κ3) is 5.41. The summed E-state index contributed by atoms with van der Waals surface area (Å²) in [5, 5.41) is 0. The van der Waals surface area contributed by atoms with Crippen LogP contribution in [0.3, 0.4) is 0 Å². The number of hydrogen-bond acceptors (Lipinski definition) is 2. The number of hydrogen-bond donors (Lipinski definition) is 1. The molecular weight excluding hydrogens is 250 g/mol. The highest BCUT2D eigenvalue weighted by atomic mass is 16.5. The first kappa shape index (κ1) is 15.2. The third-order valence-electron chi connectivity index (χ3n) is 4.05. The SMILES string of the molecule is COc1cccc(OCCCC[NH+]2CCCCCC2)c1. The van der Waals surface area contributed by atoms with Gasteiger partial charge in [0.1, 0.15) is 11.5 Å². The second-order valence-corrected chi connectivity index (χ2v) is 5.65. The zero-order valence-corrected chi connectivity index (χ0v) is 12.7.